The van der Waals surface area contributed by atoms with Gasteiger partial charge < -0.3 is 16.2 Å². The Labute approximate surface area is 87.8 Å². The van der Waals surface area contributed by atoms with E-state index in [-0.39, 0.29) is 11.7 Å². The number of nitriles is 1. The molecule has 0 fully saturated rings. The van der Waals surface area contributed by atoms with E-state index < -0.39 is 6.10 Å². The zero-order valence-electron chi connectivity index (χ0n) is 8.38. The molecule has 0 spiro atoms. The van der Waals surface area contributed by atoms with Gasteiger partial charge in [0.1, 0.15) is 11.8 Å². The van der Waals surface area contributed by atoms with Crippen molar-refractivity contribution >= 4 is 5.95 Å². The summed E-state index contributed by atoms with van der Waals surface area (Å²) in [5.41, 5.74) is 5.89. The Bertz CT molecular complexity index is 360. The van der Waals surface area contributed by atoms with Crippen LogP contribution in [0, 0.1) is 11.3 Å². The van der Waals surface area contributed by atoms with Crippen molar-refractivity contribution in [1.82, 2.24) is 9.97 Å². The van der Waals surface area contributed by atoms with Gasteiger partial charge in [-0.2, -0.15) is 5.26 Å². The fourth-order valence-corrected chi connectivity index (χ4v) is 0.886. The molecule has 0 saturated carbocycles. The number of anilines is 1. The summed E-state index contributed by atoms with van der Waals surface area (Å²) in [6, 6.07) is 3.03. The Hall–Kier alpha value is -1.71. The fourth-order valence-electron chi connectivity index (χ4n) is 0.886. The number of hydrogen-bond donors (Lipinski definition) is 3. The van der Waals surface area contributed by atoms with Crippen LogP contribution in [-0.2, 0) is 0 Å². The van der Waals surface area contributed by atoms with Gasteiger partial charge in [0.2, 0.25) is 5.95 Å². The molecule has 0 aromatic carbocycles. The molecule has 2 atom stereocenters. The highest BCUT2D eigenvalue weighted by Crippen LogP contribution is 1.99. The van der Waals surface area contributed by atoms with Gasteiger partial charge in [0.15, 0.2) is 0 Å². The maximum absolute atomic E-state index is 9.14. The molecule has 0 aliphatic heterocycles. The van der Waals surface area contributed by atoms with Gasteiger partial charge >= 0.3 is 0 Å². The van der Waals surface area contributed by atoms with Crippen molar-refractivity contribution in [2.45, 2.75) is 19.1 Å². The van der Waals surface area contributed by atoms with E-state index in [0.29, 0.717) is 12.5 Å². The SMILES string of the molecule is CC(O)C(N)CNc1nccc(C#N)n1. The fraction of sp³-hybridized carbons (Fsp3) is 0.444. The summed E-state index contributed by atoms with van der Waals surface area (Å²) in [4.78, 5) is 7.81. The monoisotopic (exact) mass is 207 g/mol. The number of nitrogens with zero attached hydrogens (tertiary/aromatic N) is 3. The first-order valence-corrected chi connectivity index (χ1v) is 4.54. The average molecular weight is 207 g/mol. The molecule has 0 radical (unpaired) electrons. The molecule has 6 nitrogen and oxygen atoms in total. The van der Waals surface area contributed by atoms with Crippen LogP contribution in [0.2, 0.25) is 0 Å². The second-order valence-corrected chi connectivity index (χ2v) is 3.16. The first kappa shape index (κ1) is 11.4. The van der Waals surface area contributed by atoms with Crippen molar-refractivity contribution in [3.63, 3.8) is 0 Å². The van der Waals surface area contributed by atoms with Crippen LogP contribution in [-0.4, -0.2) is 33.8 Å². The number of aliphatic hydroxyl groups is 1. The molecule has 80 valence electrons. The van der Waals surface area contributed by atoms with E-state index in [4.69, 9.17) is 16.1 Å². The molecule has 1 rings (SSSR count). The summed E-state index contributed by atoms with van der Waals surface area (Å²) in [6.45, 7) is 1.96. The Morgan fingerprint density at radius 1 is 1.73 bits per heavy atom. The minimum absolute atomic E-state index is 0.290. The minimum atomic E-state index is -0.600. The van der Waals surface area contributed by atoms with Gasteiger partial charge in [-0.15, -0.1) is 0 Å². The van der Waals surface area contributed by atoms with Crippen molar-refractivity contribution in [3.8, 4) is 6.07 Å². The number of aliphatic hydroxyl groups excluding tert-OH is 1. The summed E-state index contributed by atoms with van der Waals surface area (Å²) in [7, 11) is 0. The lowest BCUT2D eigenvalue weighted by Crippen LogP contribution is -2.39. The molecule has 0 amide bonds. The van der Waals surface area contributed by atoms with Crippen LogP contribution in [0.25, 0.3) is 0 Å². The second-order valence-electron chi connectivity index (χ2n) is 3.16. The first-order chi connectivity index (χ1) is 7.13. The number of nitrogens with one attached hydrogen (secondary N) is 1. The van der Waals surface area contributed by atoms with Crippen LogP contribution in [0.3, 0.4) is 0 Å². The topological polar surface area (TPSA) is 108 Å². The number of rotatable bonds is 4. The van der Waals surface area contributed by atoms with Crippen LogP contribution < -0.4 is 11.1 Å². The molecule has 0 aliphatic rings. The van der Waals surface area contributed by atoms with Crippen molar-refractivity contribution in [2.24, 2.45) is 5.73 Å². The molecule has 15 heavy (non-hydrogen) atoms. The number of hydrogen-bond acceptors (Lipinski definition) is 6. The largest absolute Gasteiger partial charge is 0.392 e. The highest BCUT2D eigenvalue weighted by molar-refractivity contribution is 5.30. The second kappa shape index (κ2) is 5.24. The van der Waals surface area contributed by atoms with E-state index in [1.54, 1.807) is 6.92 Å². The van der Waals surface area contributed by atoms with Crippen LogP contribution >= 0.6 is 0 Å². The van der Waals surface area contributed by atoms with Crippen molar-refractivity contribution in [2.75, 3.05) is 11.9 Å². The number of aromatic nitrogens is 2. The van der Waals surface area contributed by atoms with Gasteiger partial charge in [-0.1, -0.05) is 0 Å². The van der Waals surface area contributed by atoms with Crippen molar-refractivity contribution in [1.29, 1.82) is 5.26 Å². The van der Waals surface area contributed by atoms with Crippen molar-refractivity contribution in [3.05, 3.63) is 18.0 Å². The minimum Gasteiger partial charge on any atom is -0.392 e. The van der Waals surface area contributed by atoms with Gasteiger partial charge in [-0.05, 0) is 13.0 Å². The molecule has 1 aromatic heterocycles. The Kier molecular flexibility index (Phi) is 3.97. The molecule has 2 unspecified atom stereocenters. The van der Waals surface area contributed by atoms with E-state index in [9.17, 15) is 0 Å². The summed E-state index contributed by atoms with van der Waals surface area (Å²) in [5.74, 6) is 0.338. The smallest absolute Gasteiger partial charge is 0.223 e. The molecular formula is C9H13N5O. The summed E-state index contributed by atoms with van der Waals surface area (Å²) in [5, 5.41) is 20.6. The molecule has 6 heteroatoms. The van der Waals surface area contributed by atoms with Gasteiger partial charge in [-0.3, -0.25) is 0 Å². The molecule has 4 N–H and O–H groups in total. The number of nitrogens with two attached hydrogens (primary N) is 1. The van der Waals surface area contributed by atoms with E-state index in [1.807, 2.05) is 6.07 Å². The zero-order chi connectivity index (χ0) is 11.3. The lowest BCUT2D eigenvalue weighted by molar-refractivity contribution is 0.168. The Morgan fingerprint density at radius 3 is 3.07 bits per heavy atom. The molecule has 0 bridgehead atoms. The van der Waals surface area contributed by atoms with Crippen LogP contribution in [0.15, 0.2) is 12.3 Å². The van der Waals surface area contributed by atoms with Crippen LogP contribution in [0.4, 0.5) is 5.95 Å². The quantitative estimate of drug-likeness (QED) is 0.612. The van der Waals surface area contributed by atoms with E-state index in [2.05, 4.69) is 15.3 Å². The predicted molar refractivity (Wildman–Crippen MR) is 54.9 cm³/mol. The van der Waals surface area contributed by atoms with Crippen molar-refractivity contribution < 1.29 is 5.11 Å². The molecule has 0 saturated heterocycles. The lowest BCUT2D eigenvalue weighted by Gasteiger charge is -2.14. The van der Waals surface area contributed by atoms with E-state index in [1.165, 1.54) is 12.3 Å². The third kappa shape index (κ3) is 3.50. The summed E-state index contributed by atoms with van der Waals surface area (Å²) in [6.07, 6.45) is 0.888. The highest BCUT2D eigenvalue weighted by Gasteiger charge is 2.09. The zero-order valence-corrected chi connectivity index (χ0v) is 8.38. The molecule has 1 aromatic rings. The van der Waals surface area contributed by atoms with Crippen LogP contribution in [0.1, 0.15) is 12.6 Å². The highest BCUT2D eigenvalue weighted by atomic mass is 16.3. The summed E-state index contributed by atoms with van der Waals surface area (Å²) < 4.78 is 0. The third-order valence-corrected chi connectivity index (χ3v) is 1.89. The normalized spacial score (nSPS) is 14.0. The van der Waals surface area contributed by atoms with E-state index in [0.717, 1.165) is 0 Å². The lowest BCUT2D eigenvalue weighted by atomic mass is 10.2. The maximum Gasteiger partial charge on any atom is 0.223 e. The predicted octanol–water partition coefficient (Wildman–Crippen LogP) is -0.532. The van der Waals surface area contributed by atoms with E-state index >= 15 is 0 Å². The van der Waals surface area contributed by atoms with Gasteiger partial charge in [-0.25, -0.2) is 9.97 Å². The summed E-state index contributed by atoms with van der Waals surface area (Å²) >= 11 is 0. The average Bonchev–Trinajstić information content (AvgIpc) is 2.26. The van der Waals surface area contributed by atoms with Gasteiger partial charge in [0, 0.05) is 18.8 Å². The molecular weight excluding hydrogens is 194 g/mol. The third-order valence-electron chi connectivity index (χ3n) is 1.89. The maximum atomic E-state index is 9.14. The molecule has 0 aliphatic carbocycles. The van der Waals surface area contributed by atoms with Crippen LogP contribution in [0.5, 0.6) is 0 Å². The first-order valence-electron chi connectivity index (χ1n) is 4.54. The molecule has 1 heterocycles. The van der Waals surface area contributed by atoms with Gasteiger partial charge in [0.05, 0.1) is 6.10 Å². The standard InChI is InChI=1S/C9H13N5O/c1-6(15)8(11)5-13-9-12-3-2-7(4-10)14-9/h2-3,6,8,15H,5,11H2,1H3,(H,12,13,14). The Morgan fingerprint density at radius 2 is 2.47 bits per heavy atom. The Balaban J connectivity index is 2.55. The van der Waals surface area contributed by atoms with Gasteiger partial charge in [0.25, 0.3) is 0 Å².